The second-order valence-electron chi connectivity index (χ2n) is 6.65. The van der Waals surface area contributed by atoms with Crippen LogP contribution in [0.4, 0.5) is 0 Å². The van der Waals surface area contributed by atoms with Gasteiger partial charge in [0.1, 0.15) is 24.4 Å². The van der Waals surface area contributed by atoms with Crippen LogP contribution in [0.3, 0.4) is 0 Å². The Morgan fingerprint density at radius 2 is 1.67 bits per heavy atom. The van der Waals surface area contributed by atoms with Crippen LogP contribution in [-0.2, 0) is 9.47 Å². The smallest absolute Gasteiger partial charge is 0.114 e. The van der Waals surface area contributed by atoms with Gasteiger partial charge in [-0.05, 0) is 12.8 Å². The molecule has 1 saturated heterocycles. The van der Waals surface area contributed by atoms with Crippen molar-refractivity contribution >= 4 is 0 Å². The summed E-state index contributed by atoms with van der Waals surface area (Å²) < 4.78 is 10.7. The minimum absolute atomic E-state index is 0.0783. The van der Waals surface area contributed by atoms with E-state index >= 15 is 0 Å². The SMILES string of the molecule is CCCCCCCCCC/C=C/CO[C@H]1[C@H](O)[C@@H](CO)OC[C@@H]1O. The van der Waals surface area contributed by atoms with Crippen molar-refractivity contribution in [1.29, 1.82) is 0 Å². The number of allylic oxidation sites excluding steroid dienone is 1. The second kappa shape index (κ2) is 13.8. The molecular formula is C19H36O5. The highest BCUT2D eigenvalue weighted by atomic mass is 16.6. The Morgan fingerprint density at radius 3 is 2.33 bits per heavy atom. The molecule has 0 aromatic rings. The average molecular weight is 344 g/mol. The quantitative estimate of drug-likeness (QED) is 0.353. The molecule has 0 aliphatic carbocycles. The molecule has 1 heterocycles. The normalized spacial score (nSPS) is 27.8. The average Bonchev–Trinajstić information content (AvgIpc) is 2.58. The van der Waals surface area contributed by atoms with Gasteiger partial charge in [0, 0.05) is 0 Å². The van der Waals surface area contributed by atoms with E-state index in [0.29, 0.717) is 6.61 Å². The minimum atomic E-state index is -1.00. The zero-order valence-electron chi connectivity index (χ0n) is 15.1. The zero-order chi connectivity index (χ0) is 17.6. The zero-order valence-corrected chi connectivity index (χ0v) is 15.1. The van der Waals surface area contributed by atoms with Gasteiger partial charge in [0.25, 0.3) is 0 Å². The molecule has 0 saturated carbocycles. The first kappa shape index (κ1) is 21.6. The maximum atomic E-state index is 9.98. The van der Waals surface area contributed by atoms with E-state index in [0.717, 1.165) is 6.42 Å². The summed E-state index contributed by atoms with van der Waals surface area (Å²) in [6.07, 6.45) is 12.3. The number of rotatable bonds is 13. The van der Waals surface area contributed by atoms with E-state index < -0.39 is 24.4 Å². The van der Waals surface area contributed by atoms with E-state index in [1.165, 1.54) is 51.4 Å². The van der Waals surface area contributed by atoms with Gasteiger partial charge in [-0.15, -0.1) is 0 Å². The topological polar surface area (TPSA) is 79.2 Å². The van der Waals surface area contributed by atoms with Crippen LogP contribution in [0.2, 0.25) is 0 Å². The Labute approximate surface area is 146 Å². The fourth-order valence-corrected chi connectivity index (χ4v) is 2.97. The molecule has 0 aromatic carbocycles. The summed E-state index contributed by atoms with van der Waals surface area (Å²) in [5.41, 5.74) is 0. The number of aliphatic hydroxyl groups is 3. The lowest BCUT2D eigenvalue weighted by Gasteiger charge is -2.36. The van der Waals surface area contributed by atoms with Crippen molar-refractivity contribution < 1.29 is 24.8 Å². The molecule has 0 radical (unpaired) electrons. The first-order chi connectivity index (χ1) is 11.7. The molecule has 1 rings (SSSR count). The van der Waals surface area contributed by atoms with Crippen LogP contribution in [0.15, 0.2) is 12.2 Å². The second-order valence-corrected chi connectivity index (χ2v) is 6.65. The maximum absolute atomic E-state index is 9.98. The third-order valence-corrected chi connectivity index (χ3v) is 4.53. The fourth-order valence-electron chi connectivity index (χ4n) is 2.97. The Morgan fingerprint density at radius 1 is 1.00 bits per heavy atom. The first-order valence-electron chi connectivity index (χ1n) is 9.55. The van der Waals surface area contributed by atoms with Crippen LogP contribution in [0.25, 0.3) is 0 Å². The fraction of sp³-hybridized carbons (Fsp3) is 0.895. The lowest BCUT2D eigenvalue weighted by Crippen LogP contribution is -2.55. The van der Waals surface area contributed by atoms with Crippen molar-refractivity contribution in [2.75, 3.05) is 19.8 Å². The molecular weight excluding hydrogens is 308 g/mol. The Hall–Kier alpha value is -0.460. The molecule has 1 aliphatic rings. The van der Waals surface area contributed by atoms with Gasteiger partial charge < -0.3 is 24.8 Å². The molecule has 4 atom stereocenters. The van der Waals surface area contributed by atoms with E-state index in [4.69, 9.17) is 14.6 Å². The number of unbranched alkanes of at least 4 members (excludes halogenated alkanes) is 8. The maximum Gasteiger partial charge on any atom is 0.114 e. The largest absolute Gasteiger partial charge is 0.394 e. The van der Waals surface area contributed by atoms with Crippen LogP contribution < -0.4 is 0 Å². The van der Waals surface area contributed by atoms with Crippen LogP contribution >= 0.6 is 0 Å². The van der Waals surface area contributed by atoms with Gasteiger partial charge >= 0.3 is 0 Å². The third kappa shape index (κ3) is 8.58. The number of hydrogen-bond acceptors (Lipinski definition) is 5. The monoisotopic (exact) mass is 344 g/mol. The molecule has 0 aromatic heterocycles. The van der Waals surface area contributed by atoms with Gasteiger partial charge in [0.15, 0.2) is 0 Å². The highest BCUT2D eigenvalue weighted by Crippen LogP contribution is 2.18. The Kier molecular flexibility index (Phi) is 12.4. The standard InChI is InChI=1S/C19H36O5/c1-2-3-4-5-6-7-8-9-10-11-12-13-23-19-16(21)15-24-17(14-20)18(19)22/h11-12,16-22H,2-10,13-15H2,1H3/b12-11+/t16-,17+,18+,19+/m0/s1. The van der Waals surface area contributed by atoms with Crippen LogP contribution in [-0.4, -0.2) is 59.6 Å². The van der Waals surface area contributed by atoms with Crippen molar-refractivity contribution in [3.8, 4) is 0 Å². The van der Waals surface area contributed by atoms with Gasteiger partial charge in [-0.25, -0.2) is 0 Å². The molecule has 3 N–H and O–H groups in total. The highest BCUT2D eigenvalue weighted by molar-refractivity contribution is 4.89. The summed E-state index contributed by atoms with van der Waals surface area (Å²) >= 11 is 0. The van der Waals surface area contributed by atoms with Crippen LogP contribution in [0.5, 0.6) is 0 Å². The minimum Gasteiger partial charge on any atom is -0.394 e. The number of aliphatic hydroxyl groups excluding tert-OH is 3. The summed E-state index contributed by atoms with van der Waals surface area (Å²) in [6.45, 7) is 2.40. The molecule has 142 valence electrons. The van der Waals surface area contributed by atoms with Crippen molar-refractivity contribution in [1.82, 2.24) is 0 Å². The summed E-state index contributed by atoms with van der Waals surface area (Å²) in [7, 11) is 0. The van der Waals surface area contributed by atoms with Gasteiger partial charge in [0.05, 0.1) is 19.8 Å². The molecule has 0 amide bonds. The van der Waals surface area contributed by atoms with E-state index in [1.54, 1.807) is 0 Å². The van der Waals surface area contributed by atoms with Crippen molar-refractivity contribution in [3.63, 3.8) is 0 Å². The van der Waals surface area contributed by atoms with E-state index in [1.807, 2.05) is 6.08 Å². The van der Waals surface area contributed by atoms with Crippen molar-refractivity contribution in [3.05, 3.63) is 12.2 Å². The molecule has 5 nitrogen and oxygen atoms in total. The summed E-state index contributed by atoms with van der Waals surface area (Å²) in [4.78, 5) is 0. The summed E-state index contributed by atoms with van der Waals surface area (Å²) in [5.74, 6) is 0. The van der Waals surface area contributed by atoms with Crippen LogP contribution in [0, 0.1) is 0 Å². The van der Waals surface area contributed by atoms with Gasteiger partial charge in [-0.2, -0.15) is 0 Å². The van der Waals surface area contributed by atoms with Crippen molar-refractivity contribution in [2.45, 2.75) is 89.1 Å². The molecule has 1 aliphatic heterocycles. The molecule has 0 spiro atoms. The molecule has 1 fully saturated rings. The van der Waals surface area contributed by atoms with Crippen molar-refractivity contribution in [2.24, 2.45) is 0 Å². The summed E-state index contributed by atoms with van der Waals surface area (Å²) in [6, 6.07) is 0. The lowest BCUT2D eigenvalue weighted by atomic mass is 10.0. The molecule has 24 heavy (non-hydrogen) atoms. The molecule has 5 heteroatoms. The Bertz CT molecular complexity index is 321. The first-order valence-corrected chi connectivity index (χ1v) is 9.55. The third-order valence-electron chi connectivity index (χ3n) is 4.53. The summed E-state index contributed by atoms with van der Waals surface area (Å²) in [5, 5.41) is 28.9. The number of ether oxygens (including phenoxy) is 2. The van der Waals surface area contributed by atoms with E-state index in [9.17, 15) is 10.2 Å². The molecule has 0 unspecified atom stereocenters. The Balaban J connectivity index is 2.02. The number of hydrogen-bond donors (Lipinski definition) is 3. The van der Waals surface area contributed by atoms with Crippen LogP contribution in [0.1, 0.15) is 64.7 Å². The predicted octanol–water partition coefficient (Wildman–Crippen LogP) is 2.57. The van der Waals surface area contributed by atoms with Gasteiger partial charge in [-0.3, -0.25) is 0 Å². The van der Waals surface area contributed by atoms with Gasteiger partial charge in [-0.1, -0.05) is 64.0 Å². The van der Waals surface area contributed by atoms with E-state index in [-0.39, 0.29) is 13.2 Å². The van der Waals surface area contributed by atoms with Gasteiger partial charge in [0.2, 0.25) is 0 Å². The highest BCUT2D eigenvalue weighted by Gasteiger charge is 2.38. The molecule has 0 bridgehead atoms. The predicted molar refractivity (Wildman–Crippen MR) is 94.9 cm³/mol. The lowest BCUT2D eigenvalue weighted by molar-refractivity contribution is -0.207. The van der Waals surface area contributed by atoms with E-state index in [2.05, 4.69) is 13.0 Å².